The molecule has 0 bridgehead atoms. The first-order valence-electron chi connectivity index (χ1n) is 7.13. The quantitative estimate of drug-likeness (QED) is 0.800. The molecule has 2 aromatic carbocycles. The van der Waals surface area contributed by atoms with Crippen LogP contribution in [0.1, 0.15) is 16.1 Å². The van der Waals surface area contributed by atoms with Crippen molar-refractivity contribution in [1.82, 2.24) is 9.55 Å². The van der Waals surface area contributed by atoms with Gasteiger partial charge in [-0.15, -0.1) is 0 Å². The van der Waals surface area contributed by atoms with Crippen molar-refractivity contribution in [3.63, 3.8) is 0 Å². The lowest BCUT2D eigenvalue weighted by Gasteiger charge is -2.11. The number of carboxylic acid groups (broad SMARTS) is 1. The highest BCUT2D eigenvalue weighted by Crippen LogP contribution is 2.31. The molecular formula is C18H16N2O3. The summed E-state index contributed by atoms with van der Waals surface area (Å²) in [6.07, 6.45) is 1.52. The van der Waals surface area contributed by atoms with Crippen LogP contribution in [0.4, 0.5) is 0 Å². The fraction of sp³-hybridized carbons (Fsp3) is 0.111. The second-order valence-corrected chi connectivity index (χ2v) is 5.16. The van der Waals surface area contributed by atoms with Crippen molar-refractivity contribution in [3.05, 3.63) is 66.0 Å². The summed E-state index contributed by atoms with van der Waals surface area (Å²) in [6, 6.07) is 15.2. The third-order valence-electron chi connectivity index (χ3n) is 3.59. The number of carbonyl (C=O) groups is 1. The summed E-state index contributed by atoms with van der Waals surface area (Å²) >= 11 is 0. The van der Waals surface area contributed by atoms with Gasteiger partial charge in [-0.2, -0.15) is 0 Å². The summed E-state index contributed by atoms with van der Waals surface area (Å²) in [7, 11) is 1.58. The van der Waals surface area contributed by atoms with Crippen LogP contribution in [0.5, 0.6) is 5.75 Å². The average Bonchev–Trinajstić information content (AvgIpc) is 3.01. The second kappa shape index (κ2) is 5.96. The molecule has 0 saturated heterocycles. The van der Waals surface area contributed by atoms with Crippen molar-refractivity contribution in [1.29, 1.82) is 0 Å². The van der Waals surface area contributed by atoms with Gasteiger partial charge in [0, 0.05) is 11.9 Å². The van der Waals surface area contributed by atoms with Gasteiger partial charge in [0.2, 0.25) is 0 Å². The molecule has 0 amide bonds. The number of nitrogens with zero attached hydrogens (tertiary/aromatic N) is 2. The van der Waals surface area contributed by atoms with Crippen molar-refractivity contribution in [2.45, 2.75) is 6.92 Å². The Bertz CT molecular complexity index is 851. The predicted octanol–water partition coefficient (Wildman–Crippen LogP) is 3.55. The van der Waals surface area contributed by atoms with Crippen molar-refractivity contribution in [2.24, 2.45) is 0 Å². The minimum atomic E-state index is -1.06. The molecule has 0 atom stereocenters. The van der Waals surface area contributed by atoms with Gasteiger partial charge in [0.25, 0.3) is 0 Å². The van der Waals surface area contributed by atoms with Crippen molar-refractivity contribution < 1.29 is 14.6 Å². The fourth-order valence-electron chi connectivity index (χ4n) is 2.40. The smallest absolute Gasteiger partial charge is 0.356 e. The van der Waals surface area contributed by atoms with E-state index < -0.39 is 5.97 Å². The molecule has 116 valence electrons. The summed E-state index contributed by atoms with van der Waals surface area (Å²) < 4.78 is 7.14. The SMILES string of the molecule is COc1ccccc1-c1nc(C(=O)O)cn1-c1ccc(C)cc1. The highest BCUT2D eigenvalue weighted by molar-refractivity contribution is 5.86. The Balaban J connectivity index is 2.23. The molecule has 0 unspecified atom stereocenters. The first-order chi connectivity index (χ1) is 11.1. The van der Waals surface area contributed by atoms with Crippen LogP contribution >= 0.6 is 0 Å². The number of benzene rings is 2. The highest BCUT2D eigenvalue weighted by Gasteiger charge is 2.18. The Kier molecular flexibility index (Phi) is 3.85. The van der Waals surface area contributed by atoms with E-state index >= 15 is 0 Å². The van der Waals surface area contributed by atoms with Gasteiger partial charge in [0.1, 0.15) is 11.6 Å². The number of methoxy groups -OCH3 is 1. The molecule has 0 fully saturated rings. The zero-order chi connectivity index (χ0) is 16.4. The molecule has 5 nitrogen and oxygen atoms in total. The largest absolute Gasteiger partial charge is 0.496 e. The molecule has 0 spiro atoms. The van der Waals surface area contributed by atoms with Gasteiger partial charge >= 0.3 is 5.97 Å². The summed E-state index contributed by atoms with van der Waals surface area (Å²) in [6.45, 7) is 2.00. The number of carboxylic acids is 1. The zero-order valence-electron chi connectivity index (χ0n) is 12.9. The summed E-state index contributed by atoms with van der Waals surface area (Å²) in [5, 5.41) is 9.28. The molecule has 5 heteroatoms. The first-order valence-corrected chi connectivity index (χ1v) is 7.13. The van der Waals surface area contributed by atoms with Crippen molar-refractivity contribution >= 4 is 5.97 Å². The van der Waals surface area contributed by atoms with E-state index in [0.29, 0.717) is 11.6 Å². The standard InChI is InChI=1S/C18H16N2O3/c1-12-7-9-13(10-8-12)20-11-15(18(21)22)19-17(20)14-5-3-4-6-16(14)23-2/h3-11H,1-2H3,(H,21,22). The van der Waals surface area contributed by atoms with E-state index in [1.54, 1.807) is 11.7 Å². The van der Waals surface area contributed by atoms with Crippen LogP contribution in [0.15, 0.2) is 54.7 Å². The van der Waals surface area contributed by atoms with E-state index in [2.05, 4.69) is 4.98 Å². The van der Waals surface area contributed by atoms with Gasteiger partial charge in [0.15, 0.2) is 5.69 Å². The topological polar surface area (TPSA) is 64.3 Å². The van der Waals surface area contributed by atoms with Crippen LogP contribution in [0, 0.1) is 6.92 Å². The molecule has 0 saturated carbocycles. The van der Waals surface area contributed by atoms with E-state index in [9.17, 15) is 9.90 Å². The lowest BCUT2D eigenvalue weighted by atomic mass is 10.1. The van der Waals surface area contributed by atoms with Gasteiger partial charge < -0.3 is 9.84 Å². The summed E-state index contributed by atoms with van der Waals surface area (Å²) in [5.41, 5.74) is 2.71. The number of aromatic carboxylic acids is 1. The third kappa shape index (κ3) is 2.81. The van der Waals surface area contributed by atoms with E-state index in [-0.39, 0.29) is 5.69 Å². The number of aromatic nitrogens is 2. The minimum absolute atomic E-state index is 0.00789. The normalized spacial score (nSPS) is 10.5. The molecule has 3 rings (SSSR count). The van der Waals surface area contributed by atoms with Crippen LogP contribution < -0.4 is 4.74 Å². The molecule has 0 aliphatic carbocycles. The molecule has 1 aromatic heterocycles. The molecule has 0 aliphatic heterocycles. The maximum Gasteiger partial charge on any atom is 0.356 e. The van der Waals surface area contributed by atoms with E-state index in [1.807, 2.05) is 55.5 Å². The van der Waals surface area contributed by atoms with E-state index in [1.165, 1.54) is 6.20 Å². The van der Waals surface area contributed by atoms with Crippen LogP contribution in [0.2, 0.25) is 0 Å². The molecule has 23 heavy (non-hydrogen) atoms. The maximum atomic E-state index is 11.3. The molecule has 3 aromatic rings. The predicted molar refractivity (Wildman–Crippen MR) is 87.2 cm³/mol. The lowest BCUT2D eigenvalue weighted by molar-refractivity contribution is 0.0691. The number of imidazole rings is 1. The Morgan fingerprint density at radius 2 is 1.83 bits per heavy atom. The number of rotatable bonds is 4. The number of hydrogen-bond acceptors (Lipinski definition) is 3. The summed E-state index contributed by atoms with van der Waals surface area (Å²) in [4.78, 5) is 15.6. The monoisotopic (exact) mass is 308 g/mol. The summed E-state index contributed by atoms with van der Waals surface area (Å²) in [5.74, 6) is 0.110. The van der Waals surface area contributed by atoms with Crippen LogP contribution in [-0.4, -0.2) is 27.7 Å². The molecule has 1 heterocycles. The van der Waals surface area contributed by atoms with Gasteiger partial charge in [-0.25, -0.2) is 9.78 Å². The minimum Gasteiger partial charge on any atom is -0.496 e. The first kappa shape index (κ1) is 14.8. The molecule has 0 aliphatic rings. The van der Waals surface area contributed by atoms with Crippen LogP contribution in [0.3, 0.4) is 0 Å². The van der Waals surface area contributed by atoms with E-state index in [0.717, 1.165) is 16.8 Å². The Morgan fingerprint density at radius 3 is 2.48 bits per heavy atom. The zero-order valence-corrected chi connectivity index (χ0v) is 12.9. The average molecular weight is 308 g/mol. The Morgan fingerprint density at radius 1 is 1.13 bits per heavy atom. The van der Waals surface area contributed by atoms with Crippen LogP contribution in [0.25, 0.3) is 17.1 Å². The van der Waals surface area contributed by atoms with Gasteiger partial charge in [-0.3, -0.25) is 4.57 Å². The fourth-order valence-corrected chi connectivity index (χ4v) is 2.40. The number of aryl methyl sites for hydroxylation is 1. The number of ether oxygens (including phenoxy) is 1. The number of hydrogen-bond donors (Lipinski definition) is 1. The highest BCUT2D eigenvalue weighted by atomic mass is 16.5. The van der Waals surface area contributed by atoms with Gasteiger partial charge in [-0.1, -0.05) is 29.8 Å². The maximum absolute atomic E-state index is 11.3. The molecular weight excluding hydrogens is 292 g/mol. The third-order valence-corrected chi connectivity index (χ3v) is 3.59. The molecule has 0 radical (unpaired) electrons. The molecule has 1 N–H and O–H groups in total. The van der Waals surface area contributed by atoms with Gasteiger partial charge in [-0.05, 0) is 31.2 Å². The lowest BCUT2D eigenvalue weighted by Crippen LogP contribution is -1.98. The number of para-hydroxylation sites is 1. The van der Waals surface area contributed by atoms with Crippen LogP contribution in [-0.2, 0) is 0 Å². The van der Waals surface area contributed by atoms with Crippen molar-refractivity contribution in [2.75, 3.05) is 7.11 Å². The van der Waals surface area contributed by atoms with E-state index in [4.69, 9.17) is 4.74 Å². The van der Waals surface area contributed by atoms with Gasteiger partial charge in [0.05, 0.1) is 12.7 Å². The second-order valence-electron chi connectivity index (χ2n) is 5.16. The van der Waals surface area contributed by atoms with Crippen molar-refractivity contribution in [3.8, 4) is 22.8 Å². The Labute approximate surface area is 133 Å². The Hall–Kier alpha value is -3.08.